The summed E-state index contributed by atoms with van der Waals surface area (Å²) in [5, 5.41) is 19.2. The summed E-state index contributed by atoms with van der Waals surface area (Å²) < 4.78 is 19.2. The van der Waals surface area contributed by atoms with Gasteiger partial charge in [0.25, 0.3) is 0 Å². The highest BCUT2D eigenvalue weighted by Gasteiger charge is 2.53. The number of aromatic carboxylic acids is 1. The number of nitrogens with zero attached hydrogens (tertiary/aromatic N) is 1. The third-order valence-corrected chi connectivity index (χ3v) is 7.81. The van der Waals surface area contributed by atoms with Crippen LogP contribution in [0.4, 0.5) is 0 Å². The molecule has 3 aromatic rings. The van der Waals surface area contributed by atoms with Crippen molar-refractivity contribution in [2.45, 2.75) is 57.1 Å². The first-order chi connectivity index (χ1) is 16.8. The van der Waals surface area contributed by atoms with Gasteiger partial charge in [-0.3, -0.25) is 4.90 Å². The quantitative estimate of drug-likeness (QED) is 0.533. The number of fused-ring (bicyclic) bond motifs is 4. The Morgan fingerprint density at radius 1 is 1.14 bits per heavy atom. The number of carbonyl (C=O) groups is 1. The van der Waals surface area contributed by atoms with Crippen LogP contribution >= 0.6 is 0 Å². The van der Waals surface area contributed by atoms with E-state index in [2.05, 4.69) is 30.9 Å². The summed E-state index contributed by atoms with van der Waals surface area (Å²) in [6, 6.07) is 16.8. The largest absolute Gasteiger partial charge is 0.507 e. The lowest BCUT2D eigenvalue weighted by atomic mass is 9.74. The molecule has 0 radical (unpaired) electrons. The highest BCUT2D eigenvalue weighted by molar-refractivity contribution is 5.91. The van der Waals surface area contributed by atoms with Crippen molar-refractivity contribution in [3.63, 3.8) is 0 Å². The van der Waals surface area contributed by atoms with Crippen LogP contribution in [-0.2, 0) is 11.3 Å². The molecule has 3 aliphatic rings. The molecule has 4 heterocycles. The van der Waals surface area contributed by atoms with Crippen LogP contribution in [0, 0.1) is 5.92 Å². The van der Waals surface area contributed by atoms with Gasteiger partial charge >= 0.3 is 5.97 Å². The number of likely N-dealkylation sites (tertiary alicyclic amines) is 1. The normalized spacial score (nSPS) is 26.9. The number of rotatable bonds is 4. The Labute approximate surface area is 203 Å². The van der Waals surface area contributed by atoms with Crippen LogP contribution in [0.5, 0.6) is 11.5 Å². The van der Waals surface area contributed by atoms with Crippen LogP contribution in [0.1, 0.15) is 54.5 Å². The van der Waals surface area contributed by atoms with Gasteiger partial charge in [0.15, 0.2) is 0 Å². The summed E-state index contributed by atoms with van der Waals surface area (Å²) in [5.74, 6) is 1.17. The number of furan rings is 1. The minimum absolute atomic E-state index is 0.0489. The molecule has 2 fully saturated rings. The lowest BCUT2D eigenvalue weighted by molar-refractivity contribution is -0.162. The number of ether oxygens (including phenoxy) is 2. The zero-order valence-corrected chi connectivity index (χ0v) is 19.8. The smallest absolute Gasteiger partial charge is 0.339 e. The molecule has 0 aliphatic carbocycles. The molecule has 4 atom stereocenters. The zero-order chi connectivity index (χ0) is 24.3. The van der Waals surface area contributed by atoms with Gasteiger partial charge in [-0.1, -0.05) is 24.3 Å². The molecule has 7 heteroatoms. The van der Waals surface area contributed by atoms with Crippen LogP contribution < -0.4 is 4.74 Å². The molecule has 2 N–H and O–H groups in total. The van der Waals surface area contributed by atoms with Gasteiger partial charge in [0.1, 0.15) is 34.2 Å². The predicted molar refractivity (Wildman–Crippen MR) is 128 cm³/mol. The van der Waals surface area contributed by atoms with Crippen molar-refractivity contribution in [3.8, 4) is 22.8 Å². The molecule has 7 nitrogen and oxygen atoms in total. The van der Waals surface area contributed by atoms with Gasteiger partial charge < -0.3 is 24.1 Å². The lowest BCUT2D eigenvalue weighted by Gasteiger charge is -2.50. The van der Waals surface area contributed by atoms with E-state index in [0.717, 1.165) is 36.5 Å². The first kappa shape index (κ1) is 22.2. The summed E-state index contributed by atoms with van der Waals surface area (Å²) in [6.07, 6.45) is 2.20. The number of carboxylic acids is 1. The zero-order valence-electron chi connectivity index (χ0n) is 19.8. The molecule has 3 aliphatic heterocycles. The molecule has 0 spiro atoms. The lowest BCUT2D eigenvalue weighted by Crippen LogP contribution is -2.53. The first-order valence-corrected chi connectivity index (χ1v) is 12.1. The van der Waals surface area contributed by atoms with E-state index < -0.39 is 5.97 Å². The number of phenols is 1. The van der Waals surface area contributed by atoms with Crippen LogP contribution in [0.2, 0.25) is 0 Å². The fourth-order valence-electron chi connectivity index (χ4n) is 6.00. The van der Waals surface area contributed by atoms with E-state index in [0.29, 0.717) is 17.9 Å². The summed E-state index contributed by atoms with van der Waals surface area (Å²) in [7, 11) is 0. The van der Waals surface area contributed by atoms with E-state index in [4.69, 9.17) is 19.0 Å². The number of benzene rings is 2. The molecule has 0 amide bonds. The van der Waals surface area contributed by atoms with E-state index in [1.807, 2.05) is 24.3 Å². The van der Waals surface area contributed by atoms with Gasteiger partial charge in [0.2, 0.25) is 0 Å². The fraction of sp³-hybridized carbons (Fsp3) is 0.393. The molecule has 2 aromatic carbocycles. The van der Waals surface area contributed by atoms with Gasteiger partial charge in [-0.25, -0.2) is 4.79 Å². The van der Waals surface area contributed by atoms with Crippen molar-refractivity contribution >= 4 is 5.97 Å². The van der Waals surface area contributed by atoms with Crippen molar-refractivity contribution in [1.29, 1.82) is 0 Å². The molecule has 2 saturated heterocycles. The minimum atomic E-state index is -1.16. The molecule has 0 saturated carbocycles. The van der Waals surface area contributed by atoms with Gasteiger partial charge in [0.05, 0.1) is 18.8 Å². The van der Waals surface area contributed by atoms with Crippen LogP contribution in [0.15, 0.2) is 59.0 Å². The average molecular weight is 476 g/mol. The van der Waals surface area contributed by atoms with Crippen LogP contribution in [0.25, 0.3) is 11.3 Å². The van der Waals surface area contributed by atoms with E-state index in [-0.39, 0.29) is 41.1 Å². The molecular formula is C28H29NO6. The number of para-hydroxylation sites is 1. The second kappa shape index (κ2) is 8.14. The van der Waals surface area contributed by atoms with E-state index >= 15 is 0 Å². The summed E-state index contributed by atoms with van der Waals surface area (Å²) in [5.41, 5.74) is 1.35. The van der Waals surface area contributed by atoms with Gasteiger partial charge in [-0.2, -0.15) is 0 Å². The maximum absolute atomic E-state index is 11.2. The van der Waals surface area contributed by atoms with Crippen molar-refractivity contribution < 1.29 is 28.9 Å². The number of aromatic hydroxyl groups is 1. The Morgan fingerprint density at radius 2 is 1.97 bits per heavy atom. The van der Waals surface area contributed by atoms with Gasteiger partial charge in [-0.05, 0) is 57.0 Å². The fourth-order valence-corrected chi connectivity index (χ4v) is 6.00. The predicted octanol–water partition coefficient (Wildman–Crippen LogP) is 5.24. The molecule has 1 aromatic heterocycles. The second-order valence-electron chi connectivity index (χ2n) is 10.3. The minimum Gasteiger partial charge on any atom is -0.507 e. The topological polar surface area (TPSA) is 92.4 Å². The van der Waals surface area contributed by atoms with Crippen molar-refractivity contribution in [2.75, 3.05) is 6.54 Å². The molecule has 35 heavy (non-hydrogen) atoms. The number of carboxylic acid groups (broad SMARTS) is 1. The highest BCUT2D eigenvalue weighted by atomic mass is 16.5. The molecule has 6 rings (SSSR count). The van der Waals surface area contributed by atoms with E-state index in [1.165, 1.54) is 12.1 Å². The second-order valence-corrected chi connectivity index (χ2v) is 10.3. The maximum atomic E-state index is 11.2. The Morgan fingerprint density at radius 3 is 2.77 bits per heavy atom. The maximum Gasteiger partial charge on any atom is 0.339 e. The van der Waals surface area contributed by atoms with Crippen LogP contribution in [-0.4, -0.2) is 45.4 Å². The third kappa shape index (κ3) is 3.79. The number of hydrogen-bond donors (Lipinski definition) is 2. The summed E-state index contributed by atoms with van der Waals surface area (Å²) >= 11 is 0. The standard InChI is InChI=1S/C28H29NO6/c1-28(2)20-14-21-25(34-26(20)19-5-3-4-6-24(19)35-28)11-12-29(21)15-17-8-10-23(33-17)16-7-9-18(27(31)32)22(30)13-16/h3-10,13,20-21,25-26,30H,11-12,14-15H2,1-2H3,(H,31,32)/t20-,21+,25-,26+/m0/s1. The molecule has 0 unspecified atom stereocenters. The Hall–Kier alpha value is -3.29. The first-order valence-electron chi connectivity index (χ1n) is 12.1. The number of hydrogen-bond acceptors (Lipinski definition) is 6. The van der Waals surface area contributed by atoms with Crippen molar-refractivity contribution in [1.82, 2.24) is 4.90 Å². The van der Waals surface area contributed by atoms with Crippen molar-refractivity contribution in [2.24, 2.45) is 5.92 Å². The molecule has 182 valence electrons. The summed E-state index contributed by atoms with van der Waals surface area (Å²) in [4.78, 5) is 13.6. The Bertz CT molecular complexity index is 1280. The van der Waals surface area contributed by atoms with E-state index in [9.17, 15) is 9.90 Å². The SMILES string of the molecule is CC1(C)Oc2ccccc2[C@H]2O[C@H]3CCN(Cc4ccc(-c5ccc(C(=O)O)c(O)c5)o4)[C@@H]3C[C@@H]21. The molecule has 0 bridgehead atoms. The van der Waals surface area contributed by atoms with Crippen LogP contribution in [0.3, 0.4) is 0 Å². The molecular weight excluding hydrogens is 446 g/mol. The van der Waals surface area contributed by atoms with Crippen molar-refractivity contribution in [3.05, 3.63) is 71.5 Å². The summed E-state index contributed by atoms with van der Waals surface area (Å²) in [6.45, 7) is 5.92. The average Bonchev–Trinajstić information content (AvgIpc) is 3.45. The Balaban J connectivity index is 1.20. The monoisotopic (exact) mass is 475 g/mol. The van der Waals surface area contributed by atoms with Gasteiger partial charge in [-0.15, -0.1) is 0 Å². The highest BCUT2D eigenvalue weighted by Crippen LogP contribution is 2.52. The van der Waals surface area contributed by atoms with E-state index in [1.54, 1.807) is 6.07 Å². The van der Waals surface area contributed by atoms with Gasteiger partial charge in [0, 0.05) is 29.6 Å². The Kier molecular flexibility index (Phi) is 5.16. The third-order valence-electron chi connectivity index (χ3n) is 7.81.